The molecule has 1 aliphatic heterocycles. The van der Waals surface area contributed by atoms with Crippen LogP contribution >= 0.6 is 0 Å². The molecule has 2 N–H and O–H groups in total. The van der Waals surface area contributed by atoms with Crippen LogP contribution < -0.4 is 5.32 Å². The van der Waals surface area contributed by atoms with Gasteiger partial charge >= 0.3 is 0 Å². The minimum atomic E-state index is -1.02. The number of aromatic nitrogens is 2. The van der Waals surface area contributed by atoms with Crippen LogP contribution in [0.15, 0.2) is 54.7 Å². The summed E-state index contributed by atoms with van der Waals surface area (Å²) in [6, 6.07) is 14.2. The van der Waals surface area contributed by atoms with Crippen molar-refractivity contribution in [3.05, 3.63) is 71.5 Å². The van der Waals surface area contributed by atoms with Crippen LogP contribution in [0, 0.1) is 0 Å². The number of hydrogen-bond donors (Lipinski definition) is 2. The summed E-state index contributed by atoms with van der Waals surface area (Å²) in [5, 5.41) is 12.3. The molecule has 7 heteroatoms. The number of nitrogens with one attached hydrogen (secondary N) is 1. The number of carbonyl (C=O) groups is 2. The number of amides is 2. The molecule has 0 spiro atoms. The third-order valence-electron chi connectivity index (χ3n) is 4.91. The Balaban J connectivity index is 1.47. The first kappa shape index (κ1) is 18.1. The van der Waals surface area contributed by atoms with Crippen LogP contribution in [-0.4, -0.2) is 51.0 Å². The van der Waals surface area contributed by atoms with E-state index in [1.807, 2.05) is 30.3 Å². The van der Waals surface area contributed by atoms with E-state index in [4.69, 9.17) is 0 Å². The number of carbonyl (C=O) groups excluding carboxylic acids is 2. The molecule has 1 atom stereocenters. The maximum atomic E-state index is 12.8. The number of fused-ring (bicyclic) bond motifs is 2. The van der Waals surface area contributed by atoms with E-state index in [2.05, 4.69) is 21.4 Å². The molecule has 0 radical (unpaired) electrons. The summed E-state index contributed by atoms with van der Waals surface area (Å²) < 4.78 is 0. The molecule has 28 heavy (non-hydrogen) atoms. The average Bonchev–Trinajstić information content (AvgIpc) is 2.76. The molecule has 3 aromatic rings. The Bertz CT molecular complexity index is 1040. The van der Waals surface area contributed by atoms with Gasteiger partial charge in [-0.3, -0.25) is 14.6 Å². The average molecular weight is 376 g/mol. The maximum Gasteiger partial charge on any atom is 0.272 e. The van der Waals surface area contributed by atoms with E-state index >= 15 is 0 Å². The van der Waals surface area contributed by atoms with Gasteiger partial charge in [-0.05, 0) is 29.7 Å². The van der Waals surface area contributed by atoms with Crippen molar-refractivity contribution in [2.24, 2.45) is 0 Å². The summed E-state index contributed by atoms with van der Waals surface area (Å²) in [4.78, 5) is 35.5. The van der Waals surface area contributed by atoms with Gasteiger partial charge in [-0.15, -0.1) is 0 Å². The summed E-state index contributed by atoms with van der Waals surface area (Å²) in [6.07, 6.45) is 2.12. The van der Waals surface area contributed by atoms with Gasteiger partial charge in [-0.25, -0.2) is 4.98 Å². The summed E-state index contributed by atoms with van der Waals surface area (Å²) in [7, 11) is 0. The normalized spacial score (nSPS) is 14.4. The van der Waals surface area contributed by atoms with Gasteiger partial charge < -0.3 is 15.3 Å². The first-order chi connectivity index (χ1) is 13.7. The highest BCUT2D eigenvalue weighted by Crippen LogP contribution is 2.19. The molecule has 0 fully saturated rings. The minimum absolute atomic E-state index is 0.105. The molecule has 7 nitrogen and oxygen atoms in total. The predicted octanol–water partition coefficient (Wildman–Crippen LogP) is 1.31. The molecule has 0 saturated carbocycles. The van der Waals surface area contributed by atoms with Gasteiger partial charge in [0.15, 0.2) is 0 Å². The SMILES string of the molecule is O=C(N[C@@H](CO)C(=O)N1CCc2ccccc2C1)c1cnc2ccccc2n1. The lowest BCUT2D eigenvalue weighted by atomic mass is 9.99. The van der Waals surface area contributed by atoms with Crippen molar-refractivity contribution in [2.75, 3.05) is 13.2 Å². The van der Waals surface area contributed by atoms with Crippen LogP contribution in [0.5, 0.6) is 0 Å². The third kappa shape index (κ3) is 3.57. The first-order valence-electron chi connectivity index (χ1n) is 9.15. The van der Waals surface area contributed by atoms with E-state index in [-0.39, 0.29) is 11.6 Å². The number of hydrogen-bond acceptors (Lipinski definition) is 5. The molecule has 0 bridgehead atoms. The zero-order valence-corrected chi connectivity index (χ0v) is 15.2. The van der Waals surface area contributed by atoms with E-state index < -0.39 is 18.6 Å². The Labute approximate surface area is 162 Å². The summed E-state index contributed by atoms with van der Waals surface area (Å²) >= 11 is 0. The second-order valence-electron chi connectivity index (χ2n) is 6.73. The topological polar surface area (TPSA) is 95.4 Å². The van der Waals surface area contributed by atoms with Crippen molar-refractivity contribution < 1.29 is 14.7 Å². The predicted molar refractivity (Wildman–Crippen MR) is 103 cm³/mol. The van der Waals surface area contributed by atoms with Gasteiger partial charge in [0, 0.05) is 13.1 Å². The Kier molecular flexibility index (Phi) is 4.99. The fourth-order valence-corrected chi connectivity index (χ4v) is 3.39. The maximum absolute atomic E-state index is 12.8. The molecule has 4 rings (SSSR count). The Hall–Kier alpha value is -3.32. The molecule has 1 aliphatic rings. The monoisotopic (exact) mass is 376 g/mol. The van der Waals surface area contributed by atoms with Crippen molar-refractivity contribution in [2.45, 2.75) is 19.0 Å². The highest BCUT2D eigenvalue weighted by Gasteiger charge is 2.28. The highest BCUT2D eigenvalue weighted by molar-refractivity contribution is 5.97. The van der Waals surface area contributed by atoms with Gasteiger partial charge in [-0.2, -0.15) is 0 Å². The van der Waals surface area contributed by atoms with Crippen LogP contribution in [0.25, 0.3) is 11.0 Å². The second kappa shape index (κ2) is 7.74. The van der Waals surface area contributed by atoms with Gasteiger partial charge in [0.25, 0.3) is 5.91 Å². The Morgan fingerprint density at radius 1 is 1.07 bits per heavy atom. The van der Waals surface area contributed by atoms with Crippen molar-refractivity contribution in [1.29, 1.82) is 0 Å². The zero-order chi connectivity index (χ0) is 19.5. The van der Waals surface area contributed by atoms with Crippen LogP contribution in [-0.2, 0) is 17.8 Å². The van der Waals surface area contributed by atoms with E-state index in [0.717, 1.165) is 12.0 Å². The standard InChI is InChI=1S/C21H20N4O3/c26-13-19(21(28)25-10-9-14-5-1-2-6-15(14)12-25)24-20(27)18-11-22-16-7-3-4-8-17(16)23-18/h1-8,11,19,26H,9-10,12-13H2,(H,24,27)/t19-/m0/s1. The van der Waals surface area contributed by atoms with E-state index in [0.29, 0.717) is 24.1 Å². The molecule has 142 valence electrons. The molecule has 2 amide bonds. The number of aliphatic hydroxyl groups excluding tert-OH is 1. The van der Waals surface area contributed by atoms with Crippen molar-refractivity contribution in [1.82, 2.24) is 20.2 Å². The lowest BCUT2D eigenvalue weighted by molar-refractivity contribution is -0.135. The quantitative estimate of drug-likeness (QED) is 0.716. The smallest absolute Gasteiger partial charge is 0.272 e. The van der Waals surface area contributed by atoms with Crippen LogP contribution in [0.3, 0.4) is 0 Å². The number of rotatable bonds is 4. The van der Waals surface area contributed by atoms with E-state index in [1.165, 1.54) is 11.8 Å². The number of nitrogens with zero attached hydrogens (tertiary/aromatic N) is 3. The molecule has 0 saturated heterocycles. The van der Waals surface area contributed by atoms with Crippen LogP contribution in [0.4, 0.5) is 0 Å². The first-order valence-corrected chi connectivity index (χ1v) is 9.15. The third-order valence-corrected chi connectivity index (χ3v) is 4.91. The number of benzene rings is 2. The fraction of sp³-hybridized carbons (Fsp3) is 0.238. The molecule has 2 aromatic carbocycles. The Morgan fingerprint density at radius 2 is 1.79 bits per heavy atom. The Morgan fingerprint density at radius 3 is 2.57 bits per heavy atom. The van der Waals surface area contributed by atoms with Gasteiger partial charge in [-0.1, -0.05) is 36.4 Å². The van der Waals surface area contributed by atoms with E-state index in [1.54, 1.807) is 17.0 Å². The highest BCUT2D eigenvalue weighted by atomic mass is 16.3. The van der Waals surface area contributed by atoms with Gasteiger partial charge in [0.2, 0.25) is 5.91 Å². The summed E-state index contributed by atoms with van der Waals surface area (Å²) in [5.41, 5.74) is 3.69. The van der Waals surface area contributed by atoms with Crippen molar-refractivity contribution in [3.8, 4) is 0 Å². The number of para-hydroxylation sites is 2. The molecule has 0 aliphatic carbocycles. The van der Waals surface area contributed by atoms with Gasteiger partial charge in [0.05, 0.1) is 23.8 Å². The van der Waals surface area contributed by atoms with E-state index in [9.17, 15) is 14.7 Å². The summed E-state index contributed by atoms with van der Waals surface area (Å²) in [6.45, 7) is 0.541. The molecule has 2 heterocycles. The fourth-order valence-electron chi connectivity index (χ4n) is 3.39. The van der Waals surface area contributed by atoms with Crippen molar-refractivity contribution >= 4 is 22.8 Å². The van der Waals surface area contributed by atoms with Crippen LogP contribution in [0.2, 0.25) is 0 Å². The lowest BCUT2D eigenvalue weighted by Crippen LogP contribution is -2.51. The van der Waals surface area contributed by atoms with Crippen molar-refractivity contribution in [3.63, 3.8) is 0 Å². The second-order valence-corrected chi connectivity index (χ2v) is 6.73. The molecule has 0 unspecified atom stereocenters. The zero-order valence-electron chi connectivity index (χ0n) is 15.2. The lowest BCUT2D eigenvalue weighted by Gasteiger charge is -2.31. The molecule has 1 aromatic heterocycles. The van der Waals surface area contributed by atoms with Gasteiger partial charge in [0.1, 0.15) is 11.7 Å². The molecular formula is C21H20N4O3. The van der Waals surface area contributed by atoms with Crippen LogP contribution in [0.1, 0.15) is 21.6 Å². The summed E-state index contributed by atoms with van der Waals surface area (Å²) in [5.74, 6) is -0.845. The minimum Gasteiger partial charge on any atom is -0.394 e. The molecular weight excluding hydrogens is 356 g/mol. The number of aliphatic hydroxyl groups is 1. The largest absolute Gasteiger partial charge is 0.394 e.